The first-order valence-corrected chi connectivity index (χ1v) is 7.75. The van der Waals surface area contributed by atoms with Crippen LogP contribution in [0.25, 0.3) is 0 Å². The SMILES string of the molecule is NC(=S)C1(C(=O)Nc2cc(Cl)c(Cl)cc2Cl)CCOCC1. The molecule has 4 nitrogen and oxygen atoms in total. The number of hydrogen-bond donors (Lipinski definition) is 2. The van der Waals surface area contributed by atoms with E-state index in [9.17, 15) is 4.79 Å². The molecule has 0 radical (unpaired) electrons. The Morgan fingerprint density at radius 3 is 2.33 bits per heavy atom. The zero-order valence-corrected chi connectivity index (χ0v) is 14.0. The van der Waals surface area contributed by atoms with Crippen molar-refractivity contribution in [2.24, 2.45) is 11.1 Å². The number of ether oxygens (including phenoxy) is 1. The highest BCUT2D eigenvalue weighted by Crippen LogP contribution is 2.36. The fraction of sp³-hybridized carbons (Fsp3) is 0.385. The Hall–Kier alpha value is -0.590. The number of carbonyl (C=O) groups excluding carboxylic acids is 1. The van der Waals surface area contributed by atoms with Gasteiger partial charge < -0.3 is 15.8 Å². The van der Waals surface area contributed by atoms with Crippen LogP contribution in [-0.4, -0.2) is 24.1 Å². The molecule has 1 fully saturated rings. The predicted octanol–water partition coefficient (Wildman–Crippen LogP) is 3.67. The number of nitrogens with two attached hydrogens (primary N) is 1. The number of hydrogen-bond acceptors (Lipinski definition) is 3. The van der Waals surface area contributed by atoms with E-state index in [1.54, 1.807) is 0 Å². The molecule has 1 saturated heterocycles. The molecule has 0 spiro atoms. The van der Waals surface area contributed by atoms with E-state index in [1.165, 1.54) is 12.1 Å². The van der Waals surface area contributed by atoms with Crippen molar-refractivity contribution in [3.8, 4) is 0 Å². The molecule has 0 unspecified atom stereocenters. The zero-order chi connectivity index (χ0) is 15.6. The average Bonchev–Trinajstić information content (AvgIpc) is 2.45. The molecule has 8 heteroatoms. The fourth-order valence-corrected chi connectivity index (χ4v) is 3.06. The van der Waals surface area contributed by atoms with Crippen LogP contribution in [0.5, 0.6) is 0 Å². The summed E-state index contributed by atoms with van der Waals surface area (Å²) in [5.41, 5.74) is 5.23. The summed E-state index contributed by atoms with van der Waals surface area (Å²) in [6.07, 6.45) is 0.875. The summed E-state index contributed by atoms with van der Waals surface area (Å²) in [4.78, 5) is 12.8. The number of rotatable bonds is 3. The van der Waals surface area contributed by atoms with Gasteiger partial charge in [-0.3, -0.25) is 4.79 Å². The summed E-state index contributed by atoms with van der Waals surface area (Å²) in [7, 11) is 0. The van der Waals surface area contributed by atoms with Gasteiger partial charge in [0, 0.05) is 13.2 Å². The van der Waals surface area contributed by atoms with Crippen molar-refractivity contribution >= 4 is 63.6 Å². The monoisotopic (exact) mass is 366 g/mol. The highest BCUT2D eigenvalue weighted by atomic mass is 35.5. The van der Waals surface area contributed by atoms with Crippen molar-refractivity contribution in [3.63, 3.8) is 0 Å². The van der Waals surface area contributed by atoms with Crippen LogP contribution in [0.2, 0.25) is 15.1 Å². The van der Waals surface area contributed by atoms with Gasteiger partial charge in [0.15, 0.2) is 0 Å². The summed E-state index contributed by atoms with van der Waals surface area (Å²) >= 11 is 22.9. The van der Waals surface area contributed by atoms with Crippen LogP contribution in [0.3, 0.4) is 0 Å². The normalized spacial score (nSPS) is 17.3. The molecular weight excluding hydrogens is 355 g/mol. The summed E-state index contributed by atoms with van der Waals surface area (Å²) in [5.74, 6) is -0.307. The number of halogens is 3. The molecule has 1 aromatic carbocycles. The Kier molecular flexibility index (Phi) is 5.33. The van der Waals surface area contributed by atoms with E-state index < -0.39 is 5.41 Å². The lowest BCUT2D eigenvalue weighted by Gasteiger charge is -2.34. The lowest BCUT2D eigenvalue weighted by molar-refractivity contribution is -0.126. The summed E-state index contributed by atoms with van der Waals surface area (Å²) in [6.45, 7) is 0.861. The van der Waals surface area contributed by atoms with E-state index in [-0.39, 0.29) is 10.9 Å². The average molecular weight is 368 g/mol. The minimum Gasteiger partial charge on any atom is -0.392 e. The molecule has 0 atom stereocenters. The van der Waals surface area contributed by atoms with Crippen molar-refractivity contribution in [3.05, 3.63) is 27.2 Å². The summed E-state index contributed by atoms with van der Waals surface area (Å²) < 4.78 is 5.27. The second-order valence-corrected chi connectivity index (χ2v) is 6.42. The van der Waals surface area contributed by atoms with Crippen LogP contribution in [0, 0.1) is 5.41 Å². The Morgan fingerprint density at radius 1 is 1.19 bits per heavy atom. The van der Waals surface area contributed by atoms with E-state index in [0.29, 0.717) is 46.8 Å². The van der Waals surface area contributed by atoms with Crippen molar-refractivity contribution < 1.29 is 9.53 Å². The molecule has 1 aliphatic heterocycles. The second kappa shape index (κ2) is 6.67. The van der Waals surface area contributed by atoms with Gasteiger partial charge >= 0.3 is 0 Å². The van der Waals surface area contributed by atoms with Gasteiger partial charge in [0.2, 0.25) is 5.91 Å². The van der Waals surface area contributed by atoms with E-state index in [2.05, 4.69) is 5.32 Å². The number of benzene rings is 1. The van der Waals surface area contributed by atoms with E-state index in [1.807, 2.05) is 0 Å². The quantitative estimate of drug-likeness (QED) is 0.632. The van der Waals surface area contributed by atoms with Gasteiger partial charge in [-0.05, 0) is 25.0 Å². The summed E-state index contributed by atoms with van der Waals surface area (Å²) in [5, 5.41) is 3.64. The fourth-order valence-electron chi connectivity index (χ4n) is 2.17. The van der Waals surface area contributed by atoms with Crippen LogP contribution < -0.4 is 11.1 Å². The Balaban J connectivity index is 2.27. The Morgan fingerprint density at radius 2 is 1.76 bits per heavy atom. The van der Waals surface area contributed by atoms with Crippen LogP contribution in [0.15, 0.2) is 12.1 Å². The van der Waals surface area contributed by atoms with Gasteiger partial charge in [-0.15, -0.1) is 0 Å². The largest absolute Gasteiger partial charge is 0.392 e. The molecule has 21 heavy (non-hydrogen) atoms. The van der Waals surface area contributed by atoms with Gasteiger partial charge in [-0.2, -0.15) is 0 Å². The highest BCUT2D eigenvalue weighted by Gasteiger charge is 2.43. The van der Waals surface area contributed by atoms with Gasteiger partial charge in [0.25, 0.3) is 0 Å². The highest BCUT2D eigenvalue weighted by molar-refractivity contribution is 7.80. The third-order valence-corrected chi connectivity index (χ3v) is 4.94. The number of amides is 1. The molecule has 2 rings (SSSR count). The number of anilines is 1. The van der Waals surface area contributed by atoms with Crippen LogP contribution in [0.4, 0.5) is 5.69 Å². The summed E-state index contributed by atoms with van der Waals surface area (Å²) in [6, 6.07) is 2.97. The number of carbonyl (C=O) groups is 1. The molecule has 0 aromatic heterocycles. The maximum absolute atomic E-state index is 12.6. The van der Waals surface area contributed by atoms with Crippen molar-refractivity contribution in [2.75, 3.05) is 18.5 Å². The lowest BCUT2D eigenvalue weighted by Crippen LogP contribution is -2.49. The van der Waals surface area contributed by atoms with Crippen molar-refractivity contribution in [2.45, 2.75) is 12.8 Å². The topological polar surface area (TPSA) is 64.4 Å². The van der Waals surface area contributed by atoms with Gasteiger partial charge in [-0.25, -0.2) is 0 Å². The number of nitrogens with one attached hydrogen (secondary N) is 1. The third kappa shape index (κ3) is 3.43. The molecule has 114 valence electrons. The molecule has 0 aliphatic carbocycles. The predicted molar refractivity (Wildman–Crippen MR) is 89.4 cm³/mol. The van der Waals surface area contributed by atoms with E-state index >= 15 is 0 Å². The molecule has 1 heterocycles. The van der Waals surface area contributed by atoms with Gasteiger partial charge in [0.05, 0.1) is 25.7 Å². The molecule has 0 bridgehead atoms. The van der Waals surface area contributed by atoms with E-state index in [0.717, 1.165) is 0 Å². The number of thiocarbonyl (C=S) groups is 1. The molecule has 3 N–H and O–H groups in total. The minimum absolute atomic E-state index is 0.152. The molecule has 1 aliphatic rings. The molecule has 1 aromatic rings. The standard InChI is InChI=1S/C13H13Cl3N2O2S/c14-7-5-9(16)10(6-8(7)15)18-12(19)13(11(17)21)1-3-20-4-2-13/h5-6H,1-4H2,(H2,17,21)(H,18,19). The zero-order valence-electron chi connectivity index (χ0n) is 10.9. The van der Waals surface area contributed by atoms with Gasteiger partial charge in [0.1, 0.15) is 5.41 Å². The molecule has 0 saturated carbocycles. The van der Waals surface area contributed by atoms with Crippen molar-refractivity contribution in [1.29, 1.82) is 0 Å². The maximum atomic E-state index is 12.6. The smallest absolute Gasteiger partial charge is 0.237 e. The maximum Gasteiger partial charge on any atom is 0.237 e. The van der Waals surface area contributed by atoms with Gasteiger partial charge in [-0.1, -0.05) is 47.0 Å². The minimum atomic E-state index is -0.928. The first kappa shape index (κ1) is 16.8. The lowest BCUT2D eigenvalue weighted by atomic mass is 9.79. The molecule has 1 amide bonds. The Labute approximate surface area is 142 Å². The van der Waals surface area contributed by atoms with E-state index in [4.69, 9.17) is 57.5 Å². The van der Waals surface area contributed by atoms with Crippen LogP contribution in [0.1, 0.15) is 12.8 Å². The Bertz CT molecular complexity index is 589. The van der Waals surface area contributed by atoms with Crippen molar-refractivity contribution in [1.82, 2.24) is 0 Å². The second-order valence-electron chi connectivity index (χ2n) is 4.76. The van der Waals surface area contributed by atoms with Crippen LogP contribution in [-0.2, 0) is 9.53 Å². The third-order valence-electron chi connectivity index (χ3n) is 3.51. The van der Waals surface area contributed by atoms with Crippen LogP contribution >= 0.6 is 47.0 Å². The molecular formula is C13H13Cl3N2O2S. The first-order chi connectivity index (χ1) is 9.86. The first-order valence-electron chi connectivity index (χ1n) is 6.20.